The highest BCUT2D eigenvalue weighted by Crippen LogP contribution is 2.49. The molecule has 0 radical (unpaired) electrons. The molecule has 220 valence electrons. The molecule has 5 rings (SSSR count). The highest BCUT2D eigenvalue weighted by molar-refractivity contribution is 6.30. The molecule has 1 aromatic heterocycles. The van der Waals surface area contributed by atoms with Crippen LogP contribution in [0.1, 0.15) is 54.7 Å². The number of aromatic nitrogens is 2. The Hall–Kier alpha value is -3.28. The summed E-state index contributed by atoms with van der Waals surface area (Å²) in [4.78, 5) is 17.8. The van der Waals surface area contributed by atoms with E-state index < -0.39 is 24.2 Å². The number of alkyl halides is 2. The van der Waals surface area contributed by atoms with Crippen molar-refractivity contribution >= 4 is 17.6 Å². The minimum absolute atomic E-state index is 0.0802. The molecule has 2 aliphatic heterocycles. The molecule has 2 aromatic carbocycles. The summed E-state index contributed by atoms with van der Waals surface area (Å²) in [5.74, 6) is -0.730. The molecule has 0 aliphatic carbocycles. The lowest BCUT2D eigenvalue weighted by Crippen LogP contribution is -2.34. The number of carbonyl (C=O) groups is 1. The van der Waals surface area contributed by atoms with Gasteiger partial charge in [-0.05, 0) is 62.5 Å². The van der Waals surface area contributed by atoms with Crippen LogP contribution in [0.15, 0.2) is 42.6 Å². The number of ether oxygens (including phenoxy) is 3. The van der Waals surface area contributed by atoms with Gasteiger partial charge in [0.15, 0.2) is 11.5 Å². The van der Waals surface area contributed by atoms with E-state index in [-0.39, 0.29) is 37.5 Å². The molecule has 3 heterocycles. The number of piperidine rings is 1. The monoisotopic (exact) mass is 593 g/mol. The molecule has 3 aromatic rings. The van der Waals surface area contributed by atoms with Crippen molar-refractivity contribution in [2.45, 2.75) is 64.0 Å². The highest BCUT2D eigenvalue weighted by atomic mass is 35.5. The third kappa shape index (κ3) is 6.63. The predicted molar refractivity (Wildman–Crippen MR) is 144 cm³/mol. The van der Waals surface area contributed by atoms with Crippen LogP contribution in [0.2, 0.25) is 5.02 Å². The first-order valence-electron chi connectivity index (χ1n) is 13.5. The van der Waals surface area contributed by atoms with Crippen LogP contribution in [0, 0.1) is 5.82 Å². The second-order valence-electron chi connectivity index (χ2n) is 10.3. The van der Waals surface area contributed by atoms with Gasteiger partial charge in [0.25, 0.3) is 5.79 Å². The van der Waals surface area contributed by atoms with Crippen LogP contribution < -0.4 is 9.47 Å². The summed E-state index contributed by atoms with van der Waals surface area (Å²) in [6.07, 6.45) is 3.43. The first kappa shape index (κ1) is 29.2. The first-order valence-corrected chi connectivity index (χ1v) is 13.8. The number of hydrogen-bond acceptors (Lipinski definition) is 6. The van der Waals surface area contributed by atoms with Gasteiger partial charge in [-0.15, -0.1) is 0 Å². The summed E-state index contributed by atoms with van der Waals surface area (Å²) in [6, 6.07) is 10.1. The normalized spacial score (nSPS) is 19.3. The van der Waals surface area contributed by atoms with Crippen LogP contribution >= 0.6 is 11.6 Å². The predicted octanol–water partition coefficient (Wildman–Crippen LogP) is 5.96. The number of benzene rings is 2. The van der Waals surface area contributed by atoms with E-state index in [0.29, 0.717) is 34.6 Å². The Morgan fingerprint density at radius 2 is 2.02 bits per heavy atom. The van der Waals surface area contributed by atoms with Crippen molar-refractivity contribution in [1.29, 1.82) is 0 Å². The van der Waals surface area contributed by atoms with E-state index in [9.17, 15) is 18.0 Å². The highest BCUT2D eigenvalue weighted by Gasteiger charge is 2.43. The maximum absolute atomic E-state index is 14.7. The van der Waals surface area contributed by atoms with Crippen molar-refractivity contribution < 1.29 is 37.3 Å². The minimum atomic E-state index is -2.87. The number of likely N-dealkylation sites (tertiary alicyclic amines) is 1. The fourth-order valence-electron chi connectivity index (χ4n) is 5.56. The Balaban J connectivity index is 1.25. The standard InChI is InChI=1S/C29H31ClF3N3O5/c1-29(22-7-5-19(30)15-23(22)31)40-24-4-2-3-21(27(24)41-29)18-9-11-35(12-10-18)17-25-34-16-20(6-8-26(37)38)36(25)13-14-39-28(32)33/h2-5,7,15-16,18,28H,6,8-14,17H2,1H3,(H,37,38). The van der Waals surface area contributed by atoms with Crippen molar-refractivity contribution in [3.05, 3.63) is 76.1 Å². The number of imidazole rings is 1. The second kappa shape index (κ2) is 12.3. The van der Waals surface area contributed by atoms with E-state index in [4.69, 9.17) is 26.2 Å². The number of fused-ring (bicyclic) bond motifs is 1. The molecule has 1 fully saturated rings. The Morgan fingerprint density at radius 3 is 2.73 bits per heavy atom. The summed E-state index contributed by atoms with van der Waals surface area (Å²) < 4.78 is 58.4. The number of hydrogen-bond donors (Lipinski definition) is 1. The molecule has 0 spiro atoms. The Morgan fingerprint density at radius 1 is 1.24 bits per heavy atom. The lowest BCUT2D eigenvalue weighted by atomic mass is 9.88. The molecule has 1 atom stereocenters. The minimum Gasteiger partial charge on any atom is -0.481 e. The van der Waals surface area contributed by atoms with E-state index in [1.165, 1.54) is 6.07 Å². The van der Waals surface area contributed by atoms with E-state index in [2.05, 4.69) is 14.6 Å². The quantitative estimate of drug-likeness (QED) is 0.294. The van der Waals surface area contributed by atoms with Gasteiger partial charge < -0.3 is 23.9 Å². The molecule has 2 aliphatic rings. The molecular formula is C29H31ClF3N3O5. The molecular weight excluding hydrogens is 563 g/mol. The molecule has 1 saturated heterocycles. The van der Waals surface area contributed by atoms with E-state index >= 15 is 0 Å². The fourth-order valence-corrected chi connectivity index (χ4v) is 5.72. The van der Waals surface area contributed by atoms with Crippen LogP contribution in [-0.2, 0) is 34.8 Å². The van der Waals surface area contributed by atoms with Crippen LogP contribution in [0.4, 0.5) is 13.2 Å². The van der Waals surface area contributed by atoms with E-state index in [1.807, 2.05) is 18.2 Å². The SMILES string of the molecule is CC1(c2ccc(Cl)cc2F)Oc2cccc(C3CCN(Cc4ncc(CCC(=O)O)n4CCOC(F)F)CC3)c2O1. The first-order chi connectivity index (χ1) is 19.6. The van der Waals surface area contributed by atoms with Gasteiger partial charge >= 0.3 is 12.6 Å². The molecule has 1 unspecified atom stereocenters. The lowest BCUT2D eigenvalue weighted by Gasteiger charge is -2.32. The van der Waals surface area contributed by atoms with Gasteiger partial charge in [0.1, 0.15) is 11.6 Å². The van der Waals surface area contributed by atoms with E-state index in [0.717, 1.165) is 31.5 Å². The maximum atomic E-state index is 14.7. The van der Waals surface area contributed by atoms with Crippen molar-refractivity contribution in [2.24, 2.45) is 0 Å². The molecule has 12 heteroatoms. The lowest BCUT2D eigenvalue weighted by molar-refractivity contribution is -0.137. The number of rotatable bonds is 11. The number of aliphatic carboxylic acids is 1. The van der Waals surface area contributed by atoms with Gasteiger partial charge in [0.05, 0.1) is 25.1 Å². The van der Waals surface area contributed by atoms with Crippen molar-refractivity contribution in [3.8, 4) is 11.5 Å². The second-order valence-corrected chi connectivity index (χ2v) is 10.8. The summed E-state index contributed by atoms with van der Waals surface area (Å²) in [7, 11) is 0. The van der Waals surface area contributed by atoms with Crippen LogP contribution in [0.5, 0.6) is 11.5 Å². The smallest absolute Gasteiger partial charge is 0.345 e. The third-order valence-corrected chi connectivity index (χ3v) is 7.83. The number of carboxylic acids is 1. The maximum Gasteiger partial charge on any atom is 0.345 e. The third-order valence-electron chi connectivity index (χ3n) is 7.60. The molecule has 0 amide bonds. The zero-order valence-corrected chi connectivity index (χ0v) is 23.2. The molecule has 0 bridgehead atoms. The molecule has 1 N–H and O–H groups in total. The number of nitrogens with zero attached hydrogens (tertiary/aromatic N) is 3. The zero-order valence-electron chi connectivity index (χ0n) is 22.5. The van der Waals surface area contributed by atoms with Crippen molar-refractivity contribution in [1.82, 2.24) is 14.5 Å². The van der Waals surface area contributed by atoms with E-state index in [1.54, 1.807) is 29.8 Å². The average Bonchev–Trinajstić information content (AvgIpc) is 3.47. The summed E-state index contributed by atoms with van der Waals surface area (Å²) in [5, 5.41) is 9.36. The summed E-state index contributed by atoms with van der Waals surface area (Å²) in [6.45, 7) is 0.765. The van der Waals surface area contributed by atoms with Gasteiger partial charge in [-0.25, -0.2) is 9.37 Å². The van der Waals surface area contributed by atoms with Crippen molar-refractivity contribution in [2.75, 3.05) is 19.7 Å². The molecule has 0 saturated carbocycles. The Kier molecular flexibility index (Phi) is 8.77. The molecule has 41 heavy (non-hydrogen) atoms. The zero-order chi connectivity index (χ0) is 29.1. The Bertz CT molecular complexity index is 1400. The van der Waals surface area contributed by atoms with Gasteiger partial charge in [0, 0.05) is 35.9 Å². The number of carboxylic acid groups (broad SMARTS) is 1. The summed E-state index contributed by atoms with van der Waals surface area (Å²) >= 11 is 5.93. The van der Waals surface area contributed by atoms with Gasteiger partial charge in [0.2, 0.25) is 0 Å². The number of halogens is 4. The van der Waals surface area contributed by atoms with Crippen LogP contribution in [-0.4, -0.2) is 51.8 Å². The van der Waals surface area contributed by atoms with Crippen LogP contribution in [0.25, 0.3) is 0 Å². The van der Waals surface area contributed by atoms with Crippen LogP contribution in [0.3, 0.4) is 0 Å². The topological polar surface area (TPSA) is 86.1 Å². The Labute approximate surface area is 240 Å². The molecule has 8 nitrogen and oxygen atoms in total. The largest absolute Gasteiger partial charge is 0.481 e. The van der Waals surface area contributed by atoms with Gasteiger partial charge in [-0.3, -0.25) is 9.69 Å². The summed E-state index contributed by atoms with van der Waals surface area (Å²) in [5.41, 5.74) is 1.94. The van der Waals surface area contributed by atoms with Crippen molar-refractivity contribution in [3.63, 3.8) is 0 Å². The van der Waals surface area contributed by atoms with Gasteiger partial charge in [-0.1, -0.05) is 23.7 Å². The van der Waals surface area contributed by atoms with Gasteiger partial charge in [-0.2, -0.15) is 8.78 Å². The fraction of sp³-hybridized carbons (Fsp3) is 0.448. The average molecular weight is 594 g/mol. The number of para-hydroxylation sites is 1. The number of aryl methyl sites for hydroxylation is 1.